The number of carbonyl (C=O) groups excluding carboxylic acids is 3. The minimum Gasteiger partial charge on any atom is -0.369 e. The second-order valence-corrected chi connectivity index (χ2v) is 6.32. The van der Waals surface area contributed by atoms with Crippen LogP contribution in [0.15, 0.2) is 24.3 Å². The second kappa shape index (κ2) is 6.51. The molecule has 2 N–H and O–H groups in total. The topological polar surface area (TPSA) is 86.9 Å². The van der Waals surface area contributed by atoms with Crippen molar-refractivity contribution in [2.75, 3.05) is 42.5 Å². The van der Waals surface area contributed by atoms with Crippen LogP contribution in [0.1, 0.15) is 13.3 Å². The molecule has 0 saturated carbocycles. The van der Waals surface area contributed by atoms with Gasteiger partial charge in [-0.05, 0) is 24.3 Å². The van der Waals surface area contributed by atoms with E-state index in [4.69, 9.17) is 5.73 Å². The van der Waals surface area contributed by atoms with Crippen molar-refractivity contribution in [1.29, 1.82) is 0 Å². The largest absolute Gasteiger partial charge is 0.369 e. The van der Waals surface area contributed by atoms with Crippen LogP contribution >= 0.6 is 0 Å². The fourth-order valence-electron chi connectivity index (χ4n) is 3.27. The molecular formula is C17H22N4O3. The van der Waals surface area contributed by atoms with Crippen LogP contribution in [0, 0.1) is 5.92 Å². The van der Waals surface area contributed by atoms with Crippen LogP contribution < -0.4 is 15.5 Å². The Morgan fingerprint density at radius 1 is 1.04 bits per heavy atom. The van der Waals surface area contributed by atoms with Gasteiger partial charge < -0.3 is 20.4 Å². The minimum atomic E-state index is -0.425. The van der Waals surface area contributed by atoms with E-state index >= 15 is 0 Å². The molecule has 0 radical (unpaired) electrons. The van der Waals surface area contributed by atoms with Crippen molar-refractivity contribution in [3.8, 4) is 0 Å². The Morgan fingerprint density at radius 3 is 2.12 bits per heavy atom. The Labute approximate surface area is 141 Å². The summed E-state index contributed by atoms with van der Waals surface area (Å²) in [5.74, 6) is -0.786. The lowest BCUT2D eigenvalue weighted by Crippen LogP contribution is -2.48. The van der Waals surface area contributed by atoms with Gasteiger partial charge in [0.1, 0.15) is 0 Å². The number of rotatable bonds is 3. The van der Waals surface area contributed by atoms with Crippen molar-refractivity contribution in [2.45, 2.75) is 13.3 Å². The monoisotopic (exact) mass is 330 g/mol. The number of nitrogens with two attached hydrogens (primary N) is 1. The van der Waals surface area contributed by atoms with E-state index in [0.717, 1.165) is 37.6 Å². The molecule has 1 aromatic carbocycles. The molecule has 2 aliphatic heterocycles. The number of hydrogen-bond acceptors (Lipinski definition) is 4. The van der Waals surface area contributed by atoms with Crippen molar-refractivity contribution in [2.24, 2.45) is 11.7 Å². The Balaban J connectivity index is 1.65. The van der Waals surface area contributed by atoms with Crippen molar-refractivity contribution in [1.82, 2.24) is 4.90 Å². The highest BCUT2D eigenvalue weighted by atomic mass is 16.2. The van der Waals surface area contributed by atoms with Crippen LogP contribution in [-0.4, -0.2) is 55.3 Å². The Bertz CT molecular complexity index is 650. The minimum absolute atomic E-state index is 0.0679. The Morgan fingerprint density at radius 2 is 1.62 bits per heavy atom. The van der Waals surface area contributed by atoms with Gasteiger partial charge in [0.15, 0.2) is 0 Å². The summed E-state index contributed by atoms with van der Waals surface area (Å²) in [6, 6.07) is 7.75. The predicted octanol–water partition coefficient (Wildman–Crippen LogP) is 0.193. The van der Waals surface area contributed by atoms with E-state index in [1.165, 1.54) is 0 Å². The third-order valence-corrected chi connectivity index (χ3v) is 4.78. The van der Waals surface area contributed by atoms with Crippen LogP contribution in [0.5, 0.6) is 0 Å². The van der Waals surface area contributed by atoms with Crippen molar-refractivity contribution in [3.63, 3.8) is 0 Å². The molecule has 3 amide bonds. The zero-order valence-electron chi connectivity index (χ0n) is 13.8. The van der Waals surface area contributed by atoms with Crippen LogP contribution in [-0.2, 0) is 14.4 Å². The summed E-state index contributed by atoms with van der Waals surface area (Å²) in [5, 5.41) is 0. The van der Waals surface area contributed by atoms with Gasteiger partial charge in [-0.15, -0.1) is 0 Å². The van der Waals surface area contributed by atoms with Crippen molar-refractivity contribution >= 4 is 29.1 Å². The van der Waals surface area contributed by atoms with Gasteiger partial charge in [-0.1, -0.05) is 0 Å². The van der Waals surface area contributed by atoms with Crippen LogP contribution in [0.4, 0.5) is 11.4 Å². The van der Waals surface area contributed by atoms with Gasteiger partial charge in [0.05, 0.1) is 5.92 Å². The number of anilines is 2. The van der Waals surface area contributed by atoms with Gasteiger partial charge in [0, 0.05) is 57.4 Å². The fraction of sp³-hybridized carbons (Fsp3) is 0.471. The number of benzene rings is 1. The third-order valence-electron chi connectivity index (χ3n) is 4.78. The highest BCUT2D eigenvalue weighted by molar-refractivity contribution is 6.00. The van der Waals surface area contributed by atoms with E-state index in [0.29, 0.717) is 6.54 Å². The first kappa shape index (κ1) is 16.3. The number of carbonyl (C=O) groups is 3. The molecule has 0 unspecified atom stereocenters. The average Bonchev–Trinajstić information content (AvgIpc) is 2.97. The molecule has 2 aliphatic rings. The van der Waals surface area contributed by atoms with E-state index in [-0.39, 0.29) is 18.2 Å². The highest BCUT2D eigenvalue weighted by Gasteiger charge is 2.33. The van der Waals surface area contributed by atoms with Gasteiger partial charge >= 0.3 is 0 Å². The second-order valence-electron chi connectivity index (χ2n) is 6.32. The van der Waals surface area contributed by atoms with E-state index in [1.807, 2.05) is 29.2 Å². The molecule has 2 fully saturated rings. The van der Waals surface area contributed by atoms with E-state index in [2.05, 4.69) is 4.90 Å². The number of amides is 3. The smallest absolute Gasteiger partial charge is 0.227 e. The standard InChI is InChI=1S/C17H22N4O3/c1-12(22)19-6-8-20(9-7-19)14-2-4-15(5-3-14)21-11-13(17(18)24)10-16(21)23/h2-5,13H,6-11H2,1H3,(H2,18,24)/t13-/m0/s1. The fourth-order valence-corrected chi connectivity index (χ4v) is 3.27. The van der Waals surface area contributed by atoms with Gasteiger partial charge in [0.25, 0.3) is 0 Å². The zero-order chi connectivity index (χ0) is 17.3. The first-order valence-corrected chi connectivity index (χ1v) is 8.16. The summed E-state index contributed by atoms with van der Waals surface area (Å²) in [5.41, 5.74) is 7.16. The molecular weight excluding hydrogens is 308 g/mol. The van der Waals surface area contributed by atoms with E-state index < -0.39 is 11.8 Å². The number of nitrogens with zero attached hydrogens (tertiary/aromatic N) is 3. The van der Waals surface area contributed by atoms with Crippen LogP contribution in [0.25, 0.3) is 0 Å². The van der Waals surface area contributed by atoms with Gasteiger partial charge in [0.2, 0.25) is 17.7 Å². The van der Waals surface area contributed by atoms with Crippen LogP contribution in [0.3, 0.4) is 0 Å². The first-order valence-electron chi connectivity index (χ1n) is 8.16. The molecule has 1 atom stereocenters. The number of primary amides is 1. The van der Waals surface area contributed by atoms with Crippen molar-refractivity contribution < 1.29 is 14.4 Å². The maximum atomic E-state index is 12.0. The molecule has 2 saturated heterocycles. The molecule has 0 spiro atoms. The van der Waals surface area contributed by atoms with Gasteiger partial charge in [-0.2, -0.15) is 0 Å². The Hall–Kier alpha value is -2.57. The SMILES string of the molecule is CC(=O)N1CCN(c2ccc(N3C[C@@H](C(N)=O)CC3=O)cc2)CC1. The molecule has 7 nitrogen and oxygen atoms in total. The van der Waals surface area contributed by atoms with E-state index in [1.54, 1.807) is 11.8 Å². The summed E-state index contributed by atoms with van der Waals surface area (Å²) in [6.07, 6.45) is 0.185. The first-order chi connectivity index (χ1) is 11.5. The molecule has 0 aromatic heterocycles. The molecule has 0 bridgehead atoms. The zero-order valence-corrected chi connectivity index (χ0v) is 13.8. The summed E-state index contributed by atoms with van der Waals surface area (Å²) in [6.45, 7) is 4.99. The summed E-state index contributed by atoms with van der Waals surface area (Å²) in [7, 11) is 0. The quantitative estimate of drug-likeness (QED) is 0.857. The third kappa shape index (κ3) is 3.20. The molecule has 1 aromatic rings. The molecule has 128 valence electrons. The molecule has 24 heavy (non-hydrogen) atoms. The van der Waals surface area contributed by atoms with Gasteiger partial charge in [-0.3, -0.25) is 14.4 Å². The predicted molar refractivity (Wildman–Crippen MR) is 90.6 cm³/mol. The lowest BCUT2D eigenvalue weighted by atomic mass is 10.1. The molecule has 2 heterocycles. The number of hydrogen-bond donors (Lipinski definition) is 1. The lowest BCUT2D eigenvalue weighted by molar-refractivity contribution is -0.129. The Kier molecular flexibility index (Phi) is 4.42. The summed E-state index contributed by atoms with van der Waals surface area (Å²) >= 11 is 0. The normalized spacial score (nSPS) is 21.3. The maximum absolute atomic E-state index is 12.0. The molecule has 7 heteroatoms. The maximum Gasteiger partial charge on any atom is 0.227 e. The highest BCUT2D eigenvalue weighted by Crippen LogP contribution is 2.27. The summed E-state index contributed by atoms with van der Waals surface area (Å²) < 4.78 is 0. The molecule has 3 rings (SSSR count). The van der Waals surface area contributed by atoms with Crippen molar-refractivity contribution in [3.05, 3.63) is 24.3 Å². The van der Waals surface area contributed by atoms with Gasteiger partial charge in [-0.25, -0.2) is 0 Å². The van der Waals surface area contributed by atoms with E-state index in [9.17, 15) is 14.4 Å². The summed E-state index contributed by atoms with van der Waals surface area (Å²) in [4.78, 5) is 40.4. The van der Waals surface area contributed by atoms with Crippen LogP contribution in [0.2, 0.25) is 0 Å². The molecule has 0 aliphatic carbocycles. The average molecular weight is 330 g/mol. The number of piperazine rings is 1. The lowest BCUT2D eigenvalue weighted by Gasteiger charge is -2.35.